The lowest BCUT2D eigenvalue weighted by Crippen LogP contribution is -2.29. The van der Waals surface area contributed by atoms with Gasteiger partial charge in [-0.2, -0.15) is 0 Å². The van der Waals surface area contributed by atoms with Crippen LogP contribution in [0, 0.1) is 5.92 Å². The molecule has 0 amide bonds. The largest absolute Gasteiger partial charge is 0.468 e. The van der Waals surface area contributed by atoms with Crippen molar-refractivity contribution < 1.29 is 14.3 Å². The number of nitrogens with zero attached hydrogens (tertiary/aromatic N) is 2. The van der Waals surface area contributed by atoms with Crippen molar-refractivity contribution in [3.05, 3.63) is 56.7 Å². The van der Waals surface area contributed by atoms with Gasteiger partial charge in [-0.1, -0.05) is 55.9 Å². The highest BCUT2D eigenvalue weighted by Gasteiger charge is 2.29. The van der Waals surface area contributed by atoms with Crippen molar-refractivity contribution in [2.45, 2.75) is 56.9 Å². The van der Waals surface area contributed by atoms with Gasteiger partial charge >= 0.3 is 5.97 Å². The molecule has 0 N–H and O–H groups in total. The number of methoxy groups -OCH3 is 1. The molecule has 0 fully saturated rings. The van der Waals surface area contributed by atoms with Crippen LogP contribution in [0.3, 0.4) is 0 Å². The Labute approximate surface area is 189 Å². The minimum absolute atomic E-state index is 0.0599. The number of hydrogen-bond acceptors (Lipinski definition) is 7. The number of esters is 1. The molecule has 1 aromatic carbocycles. The molecule has 0 saturated carbocycles. The molecule has 2 aromatic heterocycles. The van der Waals surface area contributed by atoms with Crippen LogP contribution in [0.1, 0.15) is 36.8 Å². The van der Waals surface area contributed by atoms with Crippen LogP contribution in [0.4, 0.5) is 0 Å². The summed E-state index contributed by atoms with van der Waals surface area (Å²) >= 11 is 2.77. The third-order valence-electron chi connectivity index (χ3n) is 5.54. The first-order chi connectivity index (χ1) is 14.9. The van der Waals surface area contributed by atoms with Crippen LogP contribution in [-0.4, -0.2) is 34.0 Å². The van der Waals surface area contributed by atoms with Crippen LogP contribution in [0.2, 0.25) is 0 Å². The van der Waals surface area contributed by atoms with E-state index in [9.17, 15) is 9.59 Å². The lowest BCUT2D eigenvalue weighted by molar-refractivity contribution is -0.139. The number of carbonyl (C=O) groups excluding carboxylic acids is 1. The van der Waals surface area contributed by atoms with E-state index in [-0.39, 0.29) is 17.6 Å². The highest BCUT2D eigenvalue weighted by molar-refractivity contribution is 8.00. The molecule has 0 aliphatic carbocycles. The molecular formula is C23H26N2O4S2. The zero-order valence-electron chi connectivity index (χ0n) is 18.1. The molecule has 3 aromatic rings. The molecule has 0 saturated heterocycles. The molecule has 0 unspecified atom stereocenters. The van der Waals surface area contributed by atoms with Gasteiger partial charge < -0.3 is 9.47 Å². The Balaban J connectivity index is 1.85. The first-order valence-electron chi connectivity index (χ1n) is 10.3. The first kappa shape index (κ1) is 22.0. The normalized spacial score (nSPS) is 17.0. The maximum absolute atomic E-state index is 13.7. The fraction of sp³-hybridized carbons (Fsp3) is 0.435. The molecular weight excluding hydrogens is 432 g/mol. The second-order valence-corrected chi connectivity index (χ2v) is 10.4. The average Bonchev–Trinajstić information content (AvgIpc) is 3.13. The maximum atomic E-state index is 13.7. The Bertz CT molecular complexity index is 1150. The third kappa shape index (κ3) is 4.42. The van der Waals surface area contributed by atoms with Crippen LogP contribution < -0.4 is 5.56 Å². The Kier molecular flexibility index (Phi) is 6.50. The van der Waals surface area contributed by atoms with E-state index in [1.54, 1.807) is 11.5 Å². The zero-order chi connectivity index (χ0) is 22.1. The smallest absolute Gasteiger partial charge is 0.318 e. The van der Waals surface area contributed by atoms with Gasteiger partial charge in [0.15, 0.2) is 5.16 Å². The van der Waals surface area contributed by atoms with Crippen molar-refractivity contribution >= 4 is 39.3 Å². The number of benzene rings is 1. The summed E-state index contributed by atoms with van der Waals surface area (Å²) in [5.41, 5.74) is 2.02. The first-order valence-corrected chi connectivity index (χ1v) is 12.0. The molecule has 4 rings (SSSR count). The van der Waals surface area contributed by atoms with Crippen molar-refractivity contribution in [1.82, 2.24) is 9.55 Å². The van der Waals surface area contributed by atoms with E-state index in [2.05, 4.69) is 13.8 Å². The second-order valence-electron chi connectivity index (χ2n) is 8.04. The molecule has 2 atom stereocenters. The average molecular weight is 459 g/mol. The number of rotatable bonds is 6. The summed E-state index contributed by atoms with van der Waals surface area (Å²) in [6.07, 6.45) is 0.820. The van der Waals surface area contributed by atoms with Crippen molar-refractivity contribution in [2.75, 3.05) is 7.11 Å². The molecule has 0 spiro atoms. The lowest BCUT2D eigenvalue weighted by atomic mass is 9.96. The predicted octanol–water partition coefficient (Wildman–Crippen LogP) is 4.26. The van der Waals surface area contributed by atoms with Gasteiger partial charge in [0.25, 0.3) is 5.56 Å². The van der Waals surface area contributed by atoms with Crippen molar-refractivity contribution in [3.8, 4) is 0 Å². The van der Waals surface area contributed by atoms with Gasteiger partial charge in [-0.05, 0) is 24.0 Å². The van der Waals surface area contributed by atoms with Gasteiger partial charge in [0.05, 0.1) is 31.8 Å². The Hall–Kier alpha value is -2.16. The monoisotopic (exact) mass is 458 g/mol. The zero-order valence-corrected chi connectivity index (χ0v) is 19.7. The van der Waals surface area contributed by atoms with E-state index >= 15 is 0 Å². The standard InChI is InChI=1S/C23H26N2O4S2/c1-13(2)17-10-16-18(12-29-17)31-20-19(16)21(26)25(11-15-8-6-5-7-9-15)23(24-20)30-14(3)22(27)28-4/h5-9,13-14,17H,10-12H2,1-4H3/t14-,17-/m1/s1. The summed E-state index contributed by atoms with van der Waals surface area (Å²) in [5, 5.41) is 0.749. The van der Waals surface area contributed by atoms with Crippen LogP contribution in [0.25, 0.3) is 10.2 Å². The van der Waals surface area contributed by atoms with Gasteiger partial charge in [-0.15, -0.1) is 11.3 Å². The second kappa shape index (κ2) is 9.14. The van der Waals surface area contributed by atoms with Crippen LogP contribution in [0.5, 0.6) is 0 Å². The van der Waals surface area contributed by atoms with Crippen LogP contribution in [-0.2, 0) is 33.8 Å². The summed E-state index contributed by atoms with van der Waals surface area (Å²) in [6.45, 7) is 6.95. The molecule has 1 aliphatic rings. The fourth-order valence-electron chi connectivity index (χ4n) is 3.74. The minimum atomic E-state index is -0.473. The number of hydrogen-bond donors (Lipinski definition) is 0. The summed E-state index contributed by atoms with van der Waals surface area (Å²) in [5.74, 6) is 0.0302. The van der Waals surface area contributed by atoms with E-state index in [4.69, 9.17) is 14.5 Å². The summed E-state index contributed by atoms with van der Waals surface area (Å²) in [4.78, 5) is 32.4. The van der Waals surface area contributed by atoms with Gasteiger partial charge in [-0.3, -0.25) is 14.2 Å². The highest BCUT2D eigenvalue weighted by Crippen LogP contribution is 2.36. The van der Waals surface area contributed by atoms with Gasteiger partial charge in [0.1, 0.15) is 10.1 Å². The Morgan fingerprint density at radius 2 is 2.06 bits per heavy atom. The molecule has 0 bridgehead atoms. The molecule has 3 heterocycles. The van der Waals surface area contributed by atoms with Crippen molar-refractivity contribution in [3.63, 3.8) is 0 Å². The van der Waals surface area contributed by atoms with E-state index in [0.29, 0.717) is 34.4 Å². The molecule has 164 valence electrons. The van der Waals surface area contributed by atoms with Crippen molar-refractivity contribution in [1.29, 1.82) is 0 Å². The van der Waals surface area contributed by atoms with E-state index in [1.807, 2.05) is 30.3 Å². The molecule has 6 nitrogen and oxygen atoms in total. The molecule has 31 heavy (non-hydrogen) atoms. The third-order valence-corrected chi connectivity index (χ3v) is 7.70. The van der Waals surface area contributed by atoms with E-state index < -0.39 is 5.25 Å². The van der Waals surface area contributed by atoms with Crippen LogP contribution >= 0.6 is 23.1 Å². The number of thioether (sulfide) groups is 1. The summed E-state index contributed by atoms with van der Waals surface area (Å²) in [6, 6.07) is 9.82. The van der Waals surface area contributed by atoms with Crippen molar-refractivity contribution in [2.24, 2.45) is 5.92 Å². The molecule has 1 aliphatic heterocycles. The molecule has 0 radical (unpaired) electrons. The van der Waals surface area contributed by atoms with E-state index in [1.165, 1.54) is 30.2 Å². The summed E-state index contributed by atoms with van der Waals surface area (Å²) in [7, 11) is 1.37. The predicted molar refractivity (Wildman–Crippen MR) is 124 cm³/mol. The topological polar surface area (TPSA) is 70.4 Å². The fourth-order valence-corrected chi connectivity index (χ4v) is 5.84. The van der Waals surface area contributed by atoms with Crippen LogP contribution in [0.15, 0.2) is 40.3 Å². The van der Waals surface area contributed by atoms with Gasteiger partial charge in [0, 0.05) is 11.3 Å². The number of ether oxygens (including phenoxy) is 2. The number of fused-ring (bicyclic) bond motifs is 3. The SMILES string of the molecule is COC(=O)[C@@H](C)Sc1nc2sc3c(c2c(=O)n1Cc1ccccc1)C[C@H](C(C)C)OC3. The minimum Gasteiger partial charge on any atom is -0.468 e. The Morgan fingerprint density at radius 3 is 2.74 bits per heavy atom. The number of thiophene rings is 1. The number of aromatic nitrogens is 2. The number of carbonyl (C=O) groups is 1. The quantitative estimate of drug-likeness (QED) is 0.312. The lowest BCUT2D eigenvalue weighted by Gasteiger charge is -2.26. The van der Waals surface area contributed by atoms with Gasteiger partial charge in [0.2, 0.25) is 0 Å². The van der Waals surface area contributed by atoms with Gasteiger partial charge in [-0.25, -0.2) is 4.98 Å². The maximum Gasteiger partial charge on any atom is 0.318 e. The summed E-state index contributed by atoms with van der Waals surface area (Å²) < 4.78 is 12.6. The molecule has 8 heteroatoms. The highest BCUT2D eigenvalue weighted by atomic mass is 32.2. The van der Waals surface area contributed by atoms with E-state index in [0.717, 1.165) is 22.4 Å². The Morgan fingerprint density at radius 1 is 1.32 bits per heavy atom.